The van der Waals surface area contributed by atoms with Gasteiger partial charge in [0.1, 0.15) is 10.8 Å². The number of amides is 1. The van der Waals surface area contributed by atoms with Crippen LogP contribution in [0.4, 0.5) is 5.82 Å². The lowest BCUT2D eigenvalue weighted by Gasteiger charge is -2.03. The van der Waals surface area contributed by atoms with E-state index in [2.05, 4.69) is 20.6 Å². The Morgan fingerprint density at radius 3 is 2.88 bits per heavy atom. The van der Waals surface area contributed by atoms with Crippen LogP contribution in [0, 0.1) is 6.92 Å². The summed E-state index contributed by atoms with van der Waals surface area (Å²) < 4.78 is 1.75. The maximum absolute atomic E-state index is 11.9. The summed E-state index contributed by atoms with van der Waals surface area (Å²) in [5.74, 6) is 0.133. The van der Waals surface area contributed by atoms with Crippen molar-refractivity contribution in [2.45, 2.75) is 20.4 Å². The van der Waals surface area contributed by atoms with Gasteiger partial charge in [-0.3, -0.25) is 14.6 Å². The largest absolute Gasteiger partial charge is 0.306 e. The van der Waals surface area contributed by atoms with Gasteiger partial charge in [-0.1, -0.05) is 11.6 Å². The van der Waals surface area contributed by atoms with E-state index in [-0.39, 0.29) is 5.91 Å². The first-order valence-electron chi connectivity index (χ1n) is 5.16. The summed E-state index contributed by atoms with van der Waals surface area (Å²) >= 11 is 5.81. The summed E-state index contributed by atoms with van der Waals surface area (Å²) in [6.07, 6.45) is 2.97. The fraction of sp³-hybridized carbons (Fsp3) is 0.300. The van der Waals surface area contributed by atoms with E-state index in [0.717, 1.165) is 12.2 Å². The molecular weight excluding hydrogens is 242 g/mol. The van der Waals surface area contributed by atoms with Gasteiger partial charge in [0, 0.05) is 12.2 Å². The fourth-order valence-electron chi connectivity index (χ4n) is 1.53. The van der Waals surface area contributed by atoms with Crippen molar-refractivity contribution in [3.05, 3.63) is 28.7 Å². The van der Waals surface area contributed by atoms with Gasteiger partial charge in [-0.25, -0.2) is 0 Å². The molecule has 90 valence electrons. The van der Waals surface area contributed by atoms with E-state index in [1.807, 2.05) is 13.8 Å². The van der Waals surface area contributed by atoms with E-state index in [0.29, 0.717) is 16.4 Å². The molecule has 1 amide bonds. The lowest BCUT2D eigenvalue weighted by molar-refractivity contribution is 0.102. The third kappa shape index (κ3) is 2.16. The Morgan fingerprint density at radius 2 is 2.35 bits per heavy atom. The second-order valence-electron chi connectivity index (χ2n) is 3.51. The van der Waals surface area contributed by atoms with Crippen LogP contribution in [0.25, 0.3) is 0 Å². The minimum atomic E-state index is -0.256. The monoisotopic (exact) mass is 253 g/mol. The molecule has 2 aromatic heterocycles. The van der Waals surface area contributed by atoms with Gasteiger partial charge in [-0.2, -0.15) is 10.2 Å². The molecule has 6 nitrogen and oxygen atoms in total. The molecule has 0 aliphatic heterocycles. The van der Waals surface area contributed by atoms with Crippen LogP contribution in [0.15, 0.2) is 12.4 Å². The molecule has 2 heterocycles. The number of nitrogens with one attached hydrogen (secondary N) is 2. The van der Waals surface area contributed by atoms with Crippen molar-refractivity contribution in [2.75, 3.05) is 5.32 Å². The van der Waals surface area contributed by atoms with E-state index in [1.54, 1.807) is 10.9 Å². The maximum Gasteiger partial charge on any atom is 0.260 e. The Morgan fingerprint density at radius 1 is 1.59 bits per heavy atom. The van der Waals surface area contributed by atoms with Crippen LogP contribution in [0.1, 0.15) is 23.0 Å². The standard InChI is InChI=1S/C10H12ClN5O/c1-3-16-6(2)7(4-13-16)10(17)14-9-8(11)5-12-15-9/h4-5H,3H2,1-2H3,(H2,12,14,15,17). The van der Waals surface area contributed by atoms with Crippen LogP contribution in [0.2, 0.25) is 5.02 Å². The second kappa shape index (κ2) is 4.58. The minimum Gasteiger partial charge on any atom is -0.306 e. The van der Waals surface area contributed by atoms with Gasteiger partial charge in [0.15, 0.2) is 0 Å². The van der Waals surface area contributed by atoms with E-state index in [4.69, 9.17) is 11.6 Å². The molecular formula is C10H12ClN5O. The summed E-state index contributed by atoms with van der Waals surface area (Å²) in [4.78, 5) is 11.9. The number of nitrogens with zero attached hydrogens (tertiary/aromatic N) is 3. The highest BCUT2D eigenvalue weighted by molar-refractivity contribution is 6.33. The zero-order valence-corrected chi connectivity index (χ0v) is 10.2. The van der Waals surface area contributed by atoms with E-state index in [1.165, 1.54) is 6.20 Å². The van der Waals surface area contributed by atoms with Crippen molar-refractivity contribution in [1.82, 2.24) is 20.0 Å². The maximum atomic E-state index is 11.9. The lowest BCUT2D eigenvalue weighted by Crippen LogP contribution is -2.13. The summed E-state index contributed by atoms with van der Waals surface area (Å²) in [5, 5.41) is 13.4. The molecule has 2 aromatic rings. The number of aromatic amines is 1. The molecule has 0 aromatic carbocycles. The highest BCUT2D eigenvalue weighted by Gasteiger charge is 2.15. The number of anilines is 1. The number of rotatable bonds is 3. The quantitative estimate of drug-likeness (QED) is 0.876. The van der Waals surface area contributed by atoms with Crippen molar-refractivity contribution in [2.24, 2.45) is 0 Å². The van der Waals surface area contributed by atoms with Crippen molar-refractivity contribution in [3.8, 4) is 0 Å². The van der Waals surface area contributed by atoms with Crippen LogP contribution in [-0.4, -0.2) is 25.9 Å². The topological polar surface area (TPSA) is 75.6 Å². The molecule has 0 atom stereocenters. The molecule has 0 unspecified atom stereocenters. The molecule has 0 fully saturated rings. The Balaban J connectivity index is 2.20. The summed E-state index contributed by atoms with van der Waals surface area (Å²) in [5.41, 5.74) is 1.35. The first-order valence-corrected chi connectivity index (χ1v) is 5.54. The van der Waals surface area contributed by atoms with E-state index >= 15 is 0 Å². The molecule has 0 bridgehead atoms. The normalized spacial score (nSPS) is 10.5. The Hall–Kier alpha value is -1.82. The summed E-state index contributed by atoms with van der Waals surface area (Å²) in [6.45, 7) is 4.54. The van der Waals surface area contributed by atoms with Crippen LogP contribution < -0.4 is 5.32 Å². The van der Waals surface area contributed by atoms with E-state index < -0.39 is 0 Å². The van der Waals surface area contributed by atoms with E-state index in [9.17, 15) is 4.79 Å². The molecule has 0 radical (unpaired) electrons. The Bertz CT molecular complexity index is 545. The summed E-state index contributed by atoms with van der Waals surface area (Å²) in [6, 6.07) is 0. The number of carbonyl (C=O) groups is 1. The van der Waals surface area contributed by atoms with Gasteiger partial charge in [0.2, 0.25) is 0 Å². The highest BCUT2D eigenvalue weighted by Crippen LogP contribution is 2.18. The minimum absolute atomic E-state index is 0.256. The van der Waals surface area contributed by atoms with Crippen molar-refractivity contribution in [1.29, 1.82) is 0 Å². The van der Waals surface area contributed by atoms with Gasteiger partial charge >= 0.3 is 0 Å². The number of aromatic nitrogens is 4. The first kappa shape index (κ1) is 11.7. The van der Waals surface area contributed by atoms with Crippen molar-refractivity contribution >= 4 is 23.3 Å². The predicted octanol–water partition coefficient (Wildman–Crippen LogP) is 1.84. The van der Waals surface area contributed by atoms with Crippen LogP contribution in [0.3, 0.4) is 0 Å². The number of carbonyl (C=O) groups excluding carboxylic acids is 1. The molecule has 17 heavy (non-hydrogen) atoms. The number of aryl methyl sites for hydroxylation is 1. The number of hydrogen-bond donors (Lipinski definition) is 2. The molecule has 2 N–H and O–H groups in total. The number of halogens is 1. The van der Waals surface area contributed by atoms with Gasteiger partial charge in [0.25, 0.3) is 5.91 Å². The third-order valence-electron chi connectivity index (χ3n) is 2.48. The number of H-pyrrole nitrogens is 1. The SMILES string of the molecule is CCn1ncc(C(=O)Nc2[nH]ncc2Cl)c1C. The molecule has 2 rings (SSSR count). The fourth-order valence-corrected chi connectivity index (χ4v) is 1.67. The first-order chi connectivity index (χ1) is 8.13. The Labute approximate surface area is 103 Å². The number of hydrogen-bond acceptors (Lipinski definition) is 3. The van der Waals surface area contributed by atoms with Crippen molar-refractivity contribution in [3.63, 3.8) is 0 Å². The predicted molar refractivity (Wildman–Crippen MR) is 64.2 cm³/mol. The molecule has 7 heteroatoms. The Kier molecular flexibility index (Phi) is 3.14. The van der Waals surface area contributed by atoms with Crippen LogP contribution >= 0.6 is 11.6 Å². The zero-order valence-electron chi connectivity index (χ0n) is 9.49. The molecule has 0 aliphatic rings. The molecule has 0 spiro atoms. The van der Waals surface area contributed by atoms with Crippen LogP contribution in [0.5, 0.6) is 0 Å². The smallest absolute Gasteiger partial charge is 0.260 e. The molecule has 0 saturated heterocycles. The second-order valence-corrected chi connectivity index (χ2v) is 3.91. The zero-order chi connectivity index (χ0) is 12.4. The van der Waals surface area contributed by atoms with Crippen LogP contribution in [-0.2, 0) is 6.54 Å². The van der Waals surface area contributed by atoms with Gasteiger partial charge in [-0.05, 0) is 13.8 Å². The summed E-state index contributed by atoms with van der Waals surface area (Å²) in [7, 11) is 0. The lowest BCUT2D eigenvalue weighted by atomic mass is 10.2. The van der Waals surface area contributed by atoms with Gasteiger partial charge in [0.05, 0.1) is 18.0 Å². The van der Waals surface area contributed by atoms with Gasteiger partial charge in [-0.15, -0.1) is 0 Å². The molecule has 0 aliphatic carbocycles. The van der Waals surface area contributed by atoms with Gasteiger partial charge < -0.3 is 5.32 Å². The van der Waals surface area contributed by atoms with Crippen molar-refractivity contribution < 1.29 is 4.79 Å². The third-order valence-corrected chi connectivity index (χ3v) is 2.77. The highest BCUT2D eigenvalue weighted by atomic mass is 35.5. The average Bonchev–Trinajstić information content (AvgIpc) is 2.86. The molecule has 0 saturated carbocycles. The average molecular weight is 254 g/mol.